The van der Waals surface area contributed by atoms with Crippen LogP contribution in [0.25, 0.3) is 0 Å². The lowest BCUT2D eigenvalue weighted by Crippen LogP contribution is -2.38. The highest BCUT2D eigenvalue weighted by atomic mass is 32.2. The minimum absolute atomic E-state index is 0.0350. The van der Waals surface area contributed by atoms with E-state index in [2.05, 4.69) is 10.3 Å². The maximum absolute atomic E-state index is 12.2. The second kappa shape index (κ2) is 7.13. The van der Waals surface area contributed by atoms with Gasteiger partial charge in [-0.05, 0) is 45.7 Å². The Morgan fingerprint density at radius 3 is 2.86 bits per heavy atom. The Kier molecular flexibility index (Phi) is 5.45. The fraction of sp³-hybridized carbons (Fsp3) is 0.562. The second-order valence-corrected chi connectivity index (χ2v) is 6.86. The molecule has 1 aliphatic heterocycles. The molecule has 0 unspecified atom stereocenters. The molecule has 22 heavy (non-hydrogen) atoms. The zero-order valence-electron chi connectivity index (χ0n) is 13.6. The first-order chi connectivity index (χ1) is 10.4. The first kappa shape index (κ1) is 16.8. The number of thioether (sulfide) groups is 1. The molecule has 1 aromatic heterocycles. The van der Waals surface area contributed by atoms with E-state index in [0.717, 1.165) is 22.0 Å². The van der Waals surface area contributed by atoms with Crippen molar-refractivity contribution in [3.8, 4) is 0 Å². The molecule has 6 heteroatoms. The molecule has 1 aliphatic rings. The van der Waals surface area contributed by atoms with Gasteiger partial charge in [-0.3, -0.25) is 9.59 Å². The summed E-state index contributed by atoms with van der Waals surface area (Å²) in [5.41, 5.74) is 2.94. The maximum Gasteiger partial charge on any atom is 0.237 e. The monoisotopic (exact) mass is 321 g/mol. The SMILES string of the molecule is Cc1cc(C)c2c(n1)SCC(=O)N2CCCC(=O)NC(C)C. The van der Waals surface area contributed by atoms with Crippen LogP contribution in [-0.4, -0.2) is 35.1 Å². The standard InChI is InChI=1S/C16H23N3O2S/c1-10(2)17-13(20)6-5-7-19-14(21)9-22-16-15(19)11(3)8-12(4)18-16/h8,10H,5-7,9H2,1-4H3,(H,17,20). The second-order valence-electron chi connectivity index (χ2n) is 5.89. The highest BCUT2D eigenvalue weighted by Crippen LogP contribution is 2.36. The number of amides is 2. The molecule has 2 rings (SSSR count). The van der Waals surface area contributed by atoms with Crippen LogP contribution in [0.3, 0.4) is 0 Å². The van der Waals surface area contributed by atoms with Crippen LogP contribution in [0.4, 0.5) is 5.69 Å². The minimum atomic E-state index is 0.0350. The van der Waals surface area contributed by atoms with Crippen molar-refractivity contribution in [3.05, 3.63) is 17.3 Å². The number of nitrogens with zero attached hydrogens (tertiary/aromatic N) is 2. The first-order valence-electron chi connectivity index (χ1n) is 7.59. The van der Waals surface area contributed by atoms with E-state index >= 15 is 0 Å². The van der Waals surface area contributed by atoms with Crippen molar-refractivity contribution in [2.24, 2.45) is 0 Å². The quantitative estimate of drug-likeness (QED) is 0.905. The highest BCUT2D eigenvalue weighted by molar-refractivity contribution is 8.00. The summed E-state index contributed by atoms with van der Waals surface area (Å²) in [4.78, 5) is 30.2. The van der Waals surface area contributed by atoms with Crippen molar-refractivity contribution in [1.82, 2.24) is 10.3 Å². The van der Waals surface area contributed by atoms with Gasteiger partial charge in [-0.15, -0.1) is 0 Å². The zero-order valence-corrected chi connectivity index (χ0v) is 14.4. The van der Waals surface area contributed by atoms with E-state index in [1.165, 1.54) is 11.8 Å². The maximum atomic E-state index is 12.2. The molecule has 2 heterocycles. The lowest BCUT2D eigenvalue weighted by atomic mass is 10.1. The number of hydrogen-bond donors (Lipinski definition) is 1. The van der Waals surface area contributed by atoms with E-state index in [9.17, 15) is 9.59 Å². The molecule has 0 bridgehead atoms. The number of carbonyl (C=O) groups is 2. The largest absolute Gasteiger partial charge is 0.354 e. The van der Waals surface area contributed by atoms with E-state index < -0.39 is 0 Å². The van der Waals surface area contributed by atoms with Crippen LogP contribution in [-0.2, 0) is 9.59 Å². The summed E-state index contributed by atoms with van der Waals surface area (Å²) in [7, 11) is 0. The van der Waals surface area contributed by atoms with Crippen LogP contribution in [0.15, 0.2) is 11.1 Å². The smallest absolute Gasteiger partial charge is 0.237 e. The number of anilines is 1. The average molecular weight is 321 g/mol. The van der Waals surface area contributed by atoms with Gasteiger partial charge in [0.2, 0.25) is 11.8 Å². The summed E-state index contributed by atoms with van der Waals surface area (Å²) in [6.45, 7) is 8.41. The van der Waals surface area contributed by atoms with Crippen molar-refractivity contribution in [1.29, 1.82) is 0 Å². The van der Waals surface area contributed by atoms with Gasteiger partial charge in [-0.1, -0.05) is 11.8 Å². The van der Waals surface area contributed by atoms with Gasteiger partial charge in [0.15, 0.2) is 0 Å². The van der Waals surface area contributed by atoms with Crippen LogP contribution in [0.2, 0.25) is 0 Å². The third-order valence-corrected chi connectivity index (χ3v) is 4.37. The molecule has 5 nitrogen and oxygen atoms in total. The Balaban J connectivity index is 2.06. The van der Waals surface area contributed by atoms with E-state index in [1.807, 2.05) is 33.8 Å². The van der Waals surface area contributed by atoms with Gasteiger partial charge in [0.05, 0.1) is 11.4 Å². The van der Waals surface area contributed by atoms with Gasteiger partial charge < -0.3 is 10.2 Å². The predicted molar refractivity (Wildman–Crippen MR) is 89.3 cm³/mol. The molecule has 2 amide bonds. The molecular formula is C16H23N3O2S. The molecular weight excluding hydrogens is 298 g/mol. The van der Waals surface area contributed by atoms with E-state index in [-0.39, 0.29) is 17.9 Å². The van der Waals surface area contributed by atoms with Gasteiger partial charge in [-0.25, -0.2) is 4.98 Å². The topological polar surface area (TPSA) is 62.3 Å². The Morgan fingerprint density at radius 2 is 2.18 bits per heavy atom. The third kappa shape index (κ3) is 4.00. The predicted octanol–water partition coefficient (Wildman–Crippen LogP) is 2.44. The molecule has 1 N–H and O–H groups in total. The molecule has 0 saturated carbocycles. The lowest BCUT2D eigenvalue weighted by molar-refractivity contribution is -0.122. The fourth-order valence-electron chi connectivity index (χ4n) is 2.59. The molecule has 0 spiro atoms. The number of carbonyl (C=O) groups excluding carboxylic acids is 2. The van der Waals surface area contributed by atoms with Crippen molar-refractivity contribution >= 4 is 29.3 Å². The van der Waals surface area contributed by atoms with Crippen LogP contribution in [0, 0.1) is 13.8 Å². The number of aryl methyl sites for hydroxylation is 2. The Hall–Kier alpha value is -1.56. The number of hydrogen-bond acceptors (Lipinski definition) is 4. The summed E-state index contributed by atoms with van der Waals surface area (Å²) in [5, 5.41) is 3.79. The molecule has 0 fully saturated rings. The van der Waals surface area contributed by atoms with Crippen molar-refractivity contribution < 1.29 is 9.59 Å². The summed E-state index contributed by atoms with van der Waals surface area (Å²) < 4.78 is 0. The first-order valence-corrected chi connectivity index (χ1v) is 8.58. The summed E-state index contributed by atoms with van der Waals surface area (Å²) in [6.07, 6.45) is 1.09. The molecule has 0 radical (unpaired) electrons. The van der Waals surface area contributed by atoms with Crippen LogP contribution >= 0.6 is 11.8 Å². The van der Waals surface area contributed by atoms with Gasteiger partial charge in [-0.2, -0.15) is 0 Å². The fourth-order valence-corrected chi connectivity index (χ4v) is 3.62. The van der Waals surface area contributed by atoms with E-state index in [0.29, 0.717) is 25.1 Å². The van der Waals surface area contributed by atoms with Crippen LogP contribution < -0.4 is 10.2 Å². The summed E-state index contributed by atoms with van der Waals surface area (Å²) in [5.74, 6) is 0.546. The summed E-state index contributed by atoms with van der Waals surface area (Å²) >= 11 is 1.50. The van der Waals surface area contributed by atoms with Crippen LogP contribution in [0.5, 0.6) is 0 Å². The molecule has 0 saturated heterocycles. The van der Waals surface area contributed by atoms with Gasteiger partial charge in [0, 0.05) is 24.7 Å². The molecule has 120 valence electrons. The number of nitrogens with one attached hydrogen (secondary N) is 1. The summed E-state index contributed by atoms with van der Waals surface area (Å²) in [6, 6.07) is 2.15. The molecule has 1 aromatic rings. The van der Waals surface area contributed by atoms with Gasteiger partial charge in [0.1, 0.15) is 5.03 Å². The Labute approximate surface area is 135 Å². The van der Waals surface area contributed by atoms with E-state index in [1.54, 1.807) is 4.90 Å². The lowest BCUT2D eigenvalue weighted by Gasteiger charge is -2.30. The highest BCUT2D eigenvalue weighted by Gasteiger charge is 2.27. The van der Waals surface area contributed by atoms with E-state index in [4.69, 9.17) is 0 Å². The zero-order chi connectivity index (χ0) is 16.3. The third-order valence-electron chi connectivity index (χ3n) is 3.42. The molecule has 0 atom stereocenters. The van der Waals surface area contributed by atoms with Crippen LogP contribution in [0.1, 0.15) is 37.9 Å². The molecule has 0 aromatic carbocycles. The minimum Gasteiger partial charge on any atom is -0.354 e. The Bertz CT molecular complexity index is 587. The Morgan fingerprint density at radius 1 is 1.45 bits per heavy atom. The number of rotatable bonds is 5. The van der Waals surface area contributed by atoms with Gasteiger partial charge >= 0.3 is 0 Å². The number of pyridine rings is 1. The number of fused-ring (bicyclic) bond motifs is 1. The van der Waals surface area contributed by atoms with Crippen molar-refractivity contribution in [2.45, 2.75) is 51.6 Å². The molecule has 0 aliphatic carbocycles. The van der Waals surface area contributed by atoms with Gasteiger partial charge in [0.25, 0.3) is 0 Å². The van der Waals surface area contributed by atoms with Crippen molar-refractivity contribution in [3.63, 3.8) is 0 Å². The average Bonchev–Trinajstić information content (AvgIpc) is 2.40. The van der Waals surface area contributed by atoms with Crippen molar-refractivity contribution in [2.75, 3.05) is 17.2 Å². The number of aromatic nitrogens is 1. The normalized spacial score (nSPS) is 14.2.